The first kappa shape index (κ1) is 12.0. The molecule has 1 heterocycles. The third-order valence-corrected chi connectivity index (χ3v) is 2.42. The lowest BCUT2D eigenvalue weighted by Gasteiger charge is -2.06. The topological polar surface area (TPSA) is 65.3 Å². The minimum atomic E-state index is -0.451. The van der Waals surface area contributed by atoms with Gasteiger partial charge in [0.15, 0.2) is 5.75 Å². The smallest absolute Gasteiger partial charge is 0.310 e. The van der Waals surface area contributed by atoms with Crippen LogP contribution in [-0.2, 0) is 6.61 Å². The minimum Gasteiger partial charge on any atom is -0.482 e. The molecule has 0 saturated heterocycles. The van der Waals surface area contributed by atoms with E-state index in [4.69, 9.17) is 4.74 Å². The Hall–Kier alpha value is -2.43. The molecule has 2 aromatic rings. The van der Waals surface area contributed by atoms with Crippen molar-refractivity contribution < 1.29 is 9.66 Å². The molecule has 2 rings (SSSR count). The fourth-order valence-electron chi connectivity index (χ4n) is 1.59. The molecule has 1 aromatic heterocycles. The highest BCUT2D eigenvalue weighted by Crippen LogP contribution is 2.26. The molecule has 0 radical (unpaired) electrons. The lowest BCUT2D eigenvalue weighted by molar-refractivity contribution is -0.385. The molecule has 0 amide bonds. The van der Waals surface area contributed by atoms with E-state index in [9.17, 15) is 10.1 Å². The summed E-state index contributed by atoms with van der Waals surface area (Å²) in [7, 11) is 0. The first-order chi connectivity index (χ1) is 8.66. The molecule has 0 spiro atoms. The average Bonchev–Trinajstić information content (AvgIpc) is 2.37. The van der Waals surface area contributed by atoms with Gasteiger partial charge in [0.1, 0.15) is 6.61 Å². The number of ether oxygens (including phenoxy) is 1. The van der Waals surface area contributed by atoms with Gasteiger partial charge in [0.05, 0.1) is 4.92 Å². The zero-order chi connectivity index (χ0) is 13.0. The first-order valence-corrected chi connectivity index (χ1v) is 5.44. The number of nitro benzene ring substituents is 1. The summed E-state index contributed by atoms with van der Waals surface area (Å²) in [4.78, 5) is 14.4. The molecular formula is C13H12N2O3. The first-order valence-electron chi connectivity index (χ1n) is 5.44. The van der Waals surface area contributed by atoms with Crippen molar-refractivity contribution in [1.29, 1.82) is 0 Å². The summed E-state index contributed by atoms with van der Waals surface area (Å²) in [6.45, 7) is 2.17. The van der Waals surface area contributed by atoms with Crippen LogP contribution in [0.1, 0.15) is 11.3 Å². The molecule has 0 saturated carbocycles. The van der Waals surface area contributed by atoms with Crippen LogP contribution in [0.3, 0.4) is 0 Å². The van der Waals surface area contributed by atoms with E-state index in [1.165, 1.54) is 6.07 Å². The van der Waals surface area contributed by atoms with Crippen molar-refractivity contribution in [3.05, 3.63) is 64.0 Å². The van der Waals surface area contributed by atoms with Crippen LogP contribution in [-0.4, -0.2) is 9.91 Å². The molecule has 0 aliphatic heterocycles. The summed E-state index contributed by atoms with van der Waals surface area (Å²) < 4.78 is 5.47. The molecule has 0 unspecified atom stereocenters. The molecular weight excluding hydrogens is 232 g/mol. The van der Waals surface area contributed by atoms with E-state index in [0.717, 1.165) is 11.3 Å². The number of aryl methyl sites for hydroxylation is 1. The van der Waals surface area contributed by atoms with E-state index < -0.39 is 4.92 Å². The number of benzene rings is 1. The van der Waals surface area contributed by atoms with Gasteiger partial charge in [-0.15, -0.1) is 0 Å². The van der Waals surface area contributed by atoms with Gasteiger partial charge in [0, 0.05) is 18.0 Å². The van der Waals surface area contributed by atoms with Crippen LogP contribution in [0.25, 0.3) is 0 Å². The highest BCUT2D eigenvalue weighted by Gasteiger charge is 2.13. The fourth-order valence-corrected chi connectivity index (χ4v) is 1.59. The Balaban J connectivity index is 2.13. The van der Waals surface area contributed by atoms with Crippen molar-refractivity contribution in [3.8, 4) is 5.75 Å². The van der Waals surface area contributed by atoms with E-state index >= 15 is 0 Å². The van der Waals surface area contributed by atoms with Gasteiger partial charge in [-0.1, -0.05) is 12.1 Å². The molecule has 92 valence electrons. The van der Waals surface area contributed by atoms with Crippen LogP contribution in [0.5, 0.6) is 5.75 Å². The van der Waals surface area contributed by atoms with E-state index in [1.807, 2.05) is 19.1 Å². The van der Waals surface area contributed by atoms with Crippen LogP contribution < -0.4 is 4.74 Å². The third kappa shape index (κ3) is 2.82. The zero-order valence-corrected chi connectivity index (χ0v) is 9.87. The molecule has 18 heavy (non-hydrogen) atoms. The number of hydrogen-bond donors (Lipinski definition) is 0. The highest BCUT2D eigenvalue weighted by molar-refractivity contribution is 5.45. The molecule has 0 atom stereocenters. The Bertz CT molecular complexity index is 570. The minimum absolute atomic E-state index is 0.0247. The van der Waals surface area contributed by atoms with Gasteiger partial charge in [-0.05, 0) is 30.7 Å². The number of pyridine rings is 1. The van der Waals surface area contributed by atoms with E-state index in [1.54, 1.807) is 24.4 Å². The van der Waals surface area contributed by atoms with Gasteiger partial charge < -0.3 is 4.74 Å². The van der Waals surface area contributed by atoms with Gasteiger partial charge in [0.25, 0.3) is 0 Å². The molecule has 0 fully saturated rings. The van der Waals surface area contributed by atoms with Crippen LogP contribution >= 0.6 is 0 Å². The van der Waals surface area contributed by atoms with Crippen LogP contribution in [0.15, 0.2) is 42.6 Å². The van der Waals surface area contributed by atoms with Gasteiger partial charge in [-0.25, -0.2) is 0 Å². The number of para-hydroxylation sites is 2. The second kappa shape index (κ2) is 5.27. The lowest BCUT2D eigenvalue weighted by atomic mass is 10.2. The van der Waals surface area contributed by atoms with Gasteiger partial charge in [0.2, 0.25) is 0 Å². The van der Waals surface area contributed by atoms with Gasteiger partial charge in [-0.2, -0.15) is 0 Å². The molecule has 0 N–H and O–H groups in total. The maximum Gasteiger partial charge on any atom is 0.310 e. The normalized spacial score (nSPS) is 10.1. The van der Waals surface area contributed by atoms with Gasteiger partial charge in [-0.3, -0.25) is 15.1 Å². The molecule has 0 aliphatic rings. The summed E-state index contributed by atoms with van der Waals surface area (Å²) in [5.41, 5.74) is 1.79. The number of aromatic nitrogens is 1. The Morgan fingerprint density at radius 2 is 2.11 bits per heavy atom. The third-order valence-electron chi connectivity index (χ3n) is 2.42. The Labute approximate surface area is 104 Å². The fraction of sp³-hybridized carbons (Fsp3) is 0.154. The maximum absolute atomic E-state index is 10.8. The number of rotatable bonds is 4. The average molecular weight is 244 g/mol. The Morgan fingerprint density at radius 3 is 2.83 bits per heavy atom. The van der Waals surface area contributed by atoms with Gasteiger partial charge >= 0.3 is 5.69 Å². The Morgan fingerprint density at radius 1 is 1.33 bits per heavy atom. The van der Waals surface area contributed by atoms with Crippen molar-refractivity contribution in [2.45, 2.75) is 13.5 Å². The molecule has 5 heteroatoms. The monoisotopic (exact) mass is 244 g/mol. The van der Waals surface area contributed by atoms with Crippen molar-refractivity contribution in [3.63, 3.8) is 0 Å². The summed E-state index contributed by atoms with van der Waals surface area (Å²) in [6.07, 6.45) is 1.69. The predicted molar refractivity (Wildman–Crippen MR) is 66.4 cm³/mol. The number of hydrogen-bond acceptors (Lipinski definition) is 4. The second-order valence-electron chi connectivity index (χ2n) is 3.82. The van der Waals surface area contributed by atoms with Crippen LogP contribution in [0, 0.1) is 17.0 Å². The Kier molecular flexibility index (Phi) is 3.52. The summed E-state index contributed by atoms with van der Waals surface area (Å²) in [6, 6.07) is 10.0. The lowest BCUT2D eigenvalue weighted by Crippen LogP contribution is -1.99. The van der Waals surface area contributed by atoms with E-state index in [0.29, 0.717) is 0 Å². The number of nitrogens with zero attached hydrogens (tertiary/aromatic N) is 2. The SMILES string of the molecule is Cc1cc(COc2ccccc2[N+](=O)[O-])ccn1. The molecule has 5 nitrogen and oxygen atoms in total. The van der Waals surface area contributed by atoms with E-state index in [2.05, 4.69) is 4.98 Å². The van der Waals surface area contributed by atoms with Crippen molar-refractivity contribution >= 4 is 5.69 Å². The van der Waals surface area contributed by atoms with Crippen LogP contribution in [0.4, 0.5) is 5.69 Å². The molecule has 0 bridgehead atoms. The summed E-state index contributed by atoms with van der Waals surface area (Å²) >= 11 is 0. The van der Waals surface area contributed by atoms with Crippen molar-refractivity contribution in [1.82, 2.24) is 4.98 Å². The highest BCUT2D eigenvalue weighted by atomic mass is 16.6. The largest absolute Gasteiger partial charge is 0.482 e. The zero-order valence-electron chi connectivity index (χ0n) is 9.87. The predicted octanol–water partition coefficient (Wildman–Crippen LogP) is 2.88. The van der Waals surface area contributed by atoms with Crippen molar-refractivity contribution in [2.24, 2.45) is 0 Å². The van der Waals surface area contributed by atoms with Crippen molar-refractivity contribution in [2.75, 3.05) is 0 Å². The second-order valence-corrected chi connectivity index (χ2v) is 3.82. The van der Waals surface area contributed by atoms with Crippen LogP contribution in [0.2, 0.25) is 0 Å². The molecule has 0 aliphatic carbocycles. The summed E-state index contributed by atoms with van der Waals surface area (Å²) in [5, 5.41) is 10.8. The summed E-state index contributed by atoms with van der Waals surface area (Å²) in [5.74, 6) is 0.275. The quantitative estimate of drug-likeness (QED) is 0.612. The number of nitro groups is 1. The maximum atomic E-state index is 10.8. The molecule has 1 aromatic carbocycles. The van der Waals surface area contributed by atoms with E-state index in [-0.39, 0.29) is 18.0 Å². The standard InChI is InChI=1S/C13H12N2O3/c1-10-8-11(6-7-14-10)9-18-13-5-3-2-4-12(13)15(16)17/h2-8H,9H2,1H3.